The van der Waals surface area contributed by atoms with Crippen LogP contribution in [0.15, 0.2) is 67.5 Å². The molecule has 4 aromatic rings. The smallest absolute Gasteiger partial charge is 0.387 e. The van der Waals surface area contributed by atoms with Gasteiger partial charge in [0.15, 0.2) is 0 Å². The number of aliphatic hydroxyl groups is 1. The molecule has 0 aliphatic heterocycles. The van der Waals surface area contributed by atoms with E-state index in [-0.39, 0.29) is 51.2 Å². The number of hydrogen-bond donors (Lipinski definition) is 4. The molecule has 51 heavy (non-hydrogen) atoms. The number of carboxylic acids is 1. The van der Waals surface area contributed by atoms with Gasteiger partial charge < -0.3 is 30.7 Å². The van der Waals surface area contributed by atoms with Crippen LogP contribution in [0.1, 0.15) is 68.7 Å². The Labute approximate surface area is 288 Å². The lowest BCUT2D eigenvalue weighted by Gasteiger charge is -2.17. The third-order valence-corrected chi connectivity index (χ3v) is 7.85. The first-order valence-corrected chi connectivity index (χ1v) is 15.2. The van der Waals surface area contributed by atoms with Crippen LogP contribution in [0.2, 0.25) is 0 Å². The Bertz CT molecular complexity index is 2010. The number of carbonyl (C=O) groups is 2. The SMILES string of the molecule is Nc1ncc(C#Cc2cc(C(=O)N[C@H]3CC4(CC4)C[C@@H]3O)ccc2OC(F)F)cn1.O=C(O)c1ccc(OC(F)F)c(C#Cc2cncnc2)c1. The summed E-state index contributed by atoms with van der Waals surface area (Å²) < 4.78 is 59.0. The number of benzene rings is 2. The average Bonchev–Trinajstić information content (AvgIpc) is 3.78. The maximum absolute atomic E-state index is 12.7. The molecule has 2 saturated carbocycles. The molecule has 0 radical (unpaired) electrons. The van der Waals surface area contributed by atoms with Crippen molar-refractivity contribution in [3.8, 4) is 35.2 Å². The van der Waals surface area contributed by atoms with Crippen LogP contribution < -0.4 is 20.5 Å². The topological polar surface area (TPSA) is 183 Å². The molecule has 0 unspecified atom stereocenters. The molecule has 1 amide bonds. The second kappa shape index (κ2) is 16.0. The molecular formula is C35H28F4N6O6. The summed E-state index contributed by atoms with van der Waals surface area (Å²) in [5, 5.41) is 22.0. The van der Waals surface area contributed by atoms with Crippen LogP contribution in [-0.4, -0.2) is 67.4 Å². The number of carboxylic acid groups (broad SMARTS) is 1. The number of ether oxygens (including phenoxy) is 2. The highest BCUT2D eigenvalue weighted by molar-refractivity contribution is 5.95. The van der Waals surface area contributed by atoms with Crippen LogP contribution in [0.25, 0.3) is 0 Å². The van der Waals surface area contributed by atoms with E-state index in [2.05, 4.69) is 58.4 Å². The number of rotatable bonds is 7. The Morgan fingerprint density at radius 1 is 0.824 bits per heavy atom. The number of hydrogen-bond acceptors (Lipinski definition) is 10. The number of alkyl halides is 4. The lowest BCUT2D eigenvalue weighted by Crippen LogP contribution is -2.39. The van der Waals surface area contributed by atoms with Crippen molar-refractivity contribution in [2.45, 2.75) is 51.1 Å². The first-order chi connectivity index (χ1) is 24.4. The second-order valence-corrected chi connectivity index (χ2v) is 11.5. The highest BCUT2D eigenvalue weighted by Gasteiger charge is 2.52. The van der Waals surface area contributed by atoms with Crippen molar-refractivity contribution in [1.29, 1.82) is 0 Å². The minimum atomic E-state index is -3.03. The van der Waals surface area contributed by atoms with Crippen LogP contribution in [0.3, 0.4) is 0 Å². The molecule has 2 aromatic carbocycles. The highest BCUT2D eigenvalue weighted by atomic mass is 19.3. The summed E-state index contributed by atoms with van der Waals surface area (Å²) in [4.78, 5) is 38.7. The Morgan fingerprint density at radius 3 is 1.86 bits per heavy atom. The van der Waals surface area contributed by atoms with Crippen molar-refractivity contribution >= 4 is 17.8 Å². The minimum Gasteiger partial charge on any atom is -0.478 e. The van der Waals surface area contributed by atoms with E-state index in [1.165, 1.54) is 49.3 Å². The Kier molecular flexibility index (Phi) is 11.3. The summed E-state index contributed by atoms with van der Waals surface area (Å²) in [6.45, 7) is -6.06. The number of nitrogens with two attached hydrogens (primary N) is 1. The molecule has 1 spiro atoms. The molecule has 0 saturated heterocycles. The molecule has 2 fully saturated rings. The lowest BCUT2D eigenvalue weighted by molar-refractivity contribution is -0.0507. The van der Waals surface area contributed by atoms with Crippen molar-refractivity contribution in [2.24, 2.45) is 5.41 Å². The van der Waals surface area contributed by atoms with Crippen LogP contribution in [-0.2, 0) is 0 Å². The molecule has 2 atom stereocenters. The summed E-state index contributed by atoms with van der Waals surface area (Å²) in [5.41, 5.74) is 6.79. The fraction of sp³-hybridized carbons (Fsp3) is 0.257. The van der Waals surface area contributed by atoms with E-state index in [1.807, 2.05) is 0 Å². The third-order valence-electron chi connectivity index (χ3n) is 7.85. The zero-order valence-electron chi connectivity index (χ0n) is 26.4. The number of aliphatic hydroxyl groups excluding tert-OH is 1. The van der Waals surface area contributed by atoms with E-state index < -0.39 is 31.2 Å². The largest absolute Gasteiger partial charge is 0.478 e. The van der Waals surface area contributed by atoms with E-state index in [0.29, 0.717) is 17.5 Å². The summed E-state index contributed by atoms with van der Waals surface area (Å²) >= 11 is 0. The van der Waals surface area contributed by atoms with Gasteiger partial charge in [0.2, 0.25) is 5.95 Å². The van der Waals surface area contributed by atoms with Crippen LogP contribution >= 0.6 is 0 Å². The molecule has 6 rings (SSSR count). The van der Waals surface area contributed by atoms with Gasteiger partial charge in [-0.2, -0.15) is 17.6 Å². The number of amides is 1. The Morgan fingerprint density at radius 2 is 1.35 bits per heavy atom. The van der Waals surface area contributed by atoms with Gasteiger partial charge in [0, 0.05) is 30.4 Å². The summed E-state index contributed by atoms with van der Waals surface area (Å²) in [6, 6.07) is 7.19. The minimum absolute atomic E-state index is 0.0408. The predicted molar refractivity (Wildman–Crippen MR) is 172 cm³/mol. The van der Waals surface area contributed by atoms with Gasteiger partial charge in [-0.1, -0.05) is 23.7 Å². The van der Waals surface area contributed by atoms with Gasteiger partial charge >= 0.3 is 19.2 Å². The number of carbonyl (C=O) groups excluding carboxylic acids is 1. The fourth-order valence-electron chi connectivity index (χ4n) is 5.23. The monoisotopic (exact) mass is 704 g/mol. The summed E-state index contributed by atoms with van der Waals surface area (Å²) in [5.74, 6) is 8.83. The zero-order chi connectivity index (χ0) is 36.5. The quantitative estimate of drug-likeness (QED) is 0.159. The third kappa shape index (κ3) is 10.1. The van der Waals surface area contributed by atoms with Crippen molar-refractivity contribution in [3.05, 3.63) is 101 Å². The standard InChI is InChI=1S/C21H20F2N4O3.C14H8F2N2O3/c22-19(23)30-17-4-3-14(7-13(17)2-1-12-10-25-20(24)26-11-12)18(29)27-15-8-21(5-6-21)9-16(15)28;15-14(16)21-12-4-3-11(13(19)20)5-10(12)2-1-9-6-17-8-18-7-9/h3-4,7,10-11,15-16,19,28H,5-6,8-9H2,(H,27,29)(H2,24,25,26);3-8,14H,(H,19,20)/t15-,16-;/m0./s1. The van der Waals surface area contributed by atoms with Gasteiger partial charge in [0.25, 0.3) is 5.91 Å². The summed E-state index contributed by atoms with van der Waals surface area (Å²) in [7, 11) is 0. The first kappa shape index (κ1) is 36.0. The molecule has 5 N–H and O–H groups in total. The molecule has 2 aliphatic rings. The average molecular weight is 705 g/mol. The van der Waals surface area contributed by atoms with E-state index in [1.54, 1.807) is 0 Å². The number of nitrogens with zero attached hydrogens (tertiary/aromatic N) is 4. The second-order valence-electron chi connectivity index (χ2n) is 11.5. The van der Waals surface area contributed by atoms with Gasteiger partial charge in [-0.05, 0) is 67.5 Å². The molecule has 12 nitrogen and oxygen atoms in total. The van der Waals surface area contributed by atoms with Gasteiger partial charge in [0.05, 0.1) is 40.0 Å². The number of nitrogen functional groups attached to an aromatic ring is 1. The maximum atomic E-state index is 12.7. The molecule has 0 bridgehead atoms. The molecule has 2 heterocycles. The van der Waals surface area contributed by atoms with Crippen LogP contribution in [0, 0.1) is 29.1 Å². The van der Waals surface area contributed by atoms with E-state index in [4.69, 9.17) is 10.8 Å². The van der Waals surface area contributed by atoms with Crippen molar-refractivity contribution in [2.75, 3.05) is 5.73 Å². The van der Waals surface area contributed by atoms with E-state index in [0.717, 1.165) is 37.5 Å². The summed E-state index contributed by atoms with van der Waals surface area (Å²) in [6.07, 6.45) is 10.0. The van der Waals surface area contributed by atoms with Crippen molar-refractivity contribution in [3.63, 3.8) is 0 Å². The normalized spacial score (nSPS) is 16.5. The van der Waals surface area contributed by atoms with E-state index >= 15 is 0 Å². The van der Waals surface area contributed by atoms with Crippen molar-refractivity contribution < 1.29 is 46.8 Å². The van der Waals surface area contributed by atoms with Crippen LogP contribution in [0.5, 0.6) is 11.5 Å². The number of halogens is 4. The zero-order valence-corrected chi connectivity index (χ0v) is 26.4. The number of aromatic carboxylic acids is 1. The Balaban J connectivity index is 0.000000211. The van der Waals surface area contributed by atoms with Crippen molar-refractivity contribution in [1.82, 2.24) is 25.3 Å². The predicted octanol–water partition coefficient (Wildman–Crippen LogP) is 4.27. The number of aromatic nitrogens is 4. The maximum Gasteiger partial charge on any atom is 0.387 e. The molecule has 16 heteroatoms. The van der Waals surface area contributed by atoms with E-state index in [9.17, 15) is 32.3 Å². The van der Waals surface area contributed by atoms with Gasteiger partial charge in [-0.3, -0.25) is 4.79 Å². The van der Waals surface area contributed by atoms with Gasteiger partial charge in [-0.15, -0.1) is 0 Å². The molecule has 2 aliphatic carbocycles. The molecule has 262 valence electrons. The van der Waals surface area contributed by atoms with Gasteiger partial charge in [-0.25, -0.2) is 24.7 Å². The van der Waals surface area contributed by atoms with Crippen LogP contribution in [0.4, 0.5) is 23.5 Å². The first-order valence-electron chi connectivity index (χ1n) is 15.2. The molecular weight excluding hydrogens is 676 g/mol. The number of nitrogens with one attached hydrogen (secondary N) is 1. The highest BCUT2D eigenvalue weighted by Crippen LogP contribution is 2.57. The number of anilines is 1. The molecule has 2 aromatic heterocycles. The van der Waals surface area contributed by atoms with Gasteiger partial charge in [0.1, 0.15) is 17.8 Å². The lowest BCUT2D eigenvalue weighted by atomic mass is 10.1. The Hall–Kier alpha value is -6.26. The fourth-order valence-corrected chi connectivity index (χ4v) is 5.23.